The molecular weight excluding hydrogens is 262 g/mol. The maximum atomic E-state index is 11.4. The first-order valence-electron chi connectivity index (χ1n) is 6.69. The van der Waals surface area contributed by atoms with E-state index in [2.05, 4.69) is 9.97 Å². The predicted molar refractivity (Wildman–Crippen MR) is 83.0 cm³/mol. The number of hydrogen-bond acceptors (Lipinski definition) is 3. The van der Waals surface area contributed by atoms with Gasteiger partial charge in [0.15, 0.2) is 0 Å². The lowest BCUT2D eigenvalue weighted by molar-refractivity contribution is 0.0999. The zero-order chi connectivity index (χ0) is 15.0. The molecular formula is C17H15N3O. The number of hydrogen-bond donors (Lipinski definition) is 1. The summed E-state index contributed by atoms with van der Waals surface area (Å²) in [5, 5.41) is 1.05. The van der Waals surface area contributed by atoms with E-state index in [0.717, 1.165) is 33.4 Å². The topological polar surface area (TPSA) is 68.9 Å². The minimum atomic E-state index is -0.436. The average molecular weight is 277 g/mol. The summed E-state index contributed by atoms with van der Waals surface area (Å²) >= 11 is 0. The summed E-state index contributed by atoms with van der Waals surface area (Å²) in [6, 6.07) is 11.6. The molecule has 0 aliphatic heterocycles. The predicted octanol–water partition coefficient (Wildman–Crippen LogP) is 3.01. The Morgan fingerprint density at radius 1 is 1.10 bits per heavy atom. The van der Waals surface area contributed by atoms with Crippen molar-refractivity contribution in [3.8, 4) is 11.3 Å². The number of primary amides is 1. The number of nitrogens with zero attached hydrogens (tertiary/aromatic N) is 2. The van der Waals surface area contributed by atoms with Gasteiger partial charge in [-0.15, -0.1) is 0 Å². The molecule has 1 amide bonds. The van der Waals surface area contributed by atoms with Gasteiger partial charge in [0, 0.05) is 28.4 Å². The van der Waals surface area contributed by atoms with Crippen molar-refractivity contribution in [1.82, 2.24) is 9.97 Å². The van der Waals surface area contributed by atoms with Gasteiger partial charge in [0.2, 0.25) is 5.91 Å². The Balaban J connectivity index is 2.19. The number of benzene rings is 1. The van der Waals surface area contributed by atoms with E-state index in [4.69, 9.17) is 5.73 Å². The zero-order valence-corrected chi connectivity index (χ0v) is 11.9. The molecule has 2 heterocycles. The summed E-state index contributed by atoms with van der Waals surface area (Å²) in [4.78, 5) is 20.3. The molecule has 0 aliphatic carbocycles. The van der Waals surface area contributed by atoms with E-state index in [-0.39, 0.29) is 0 Å². The number of nitrogens with two attached hydrogens (primary N) is 1. The molecule has 21 heavy (non-hydrogen) atoms. The Kier molecular flexibility index (Phi) is 3.14. The number of amides is 1. The largest absolute Gasteiger partial charge is 0.366 e. The van der Waals surface area contributed by atoms with Crippen LogP contribution in [0.3, 0.4) is 0 Å². The molecule has 0 spiro atoms. The van der Waals surface area contributed by atoms with Gasteiger partial charge in [-0.25, -0.2) is 0 Å². The molecule has 1 aromatic carbocycles. The fraction of sp³-hybridized carbons (Fsp3) is 0.118. The molecule has 4 heteroatoms. The van der Waals surface area contributed by atoms with Crippen LogP contribution in [-0.4, -0.2) is 15.9 Å². The summed E-state index contributed by atoms with van der Waals surface area (Å²) in [5.41, 5.74) is 10.3. The van der Waals surface area contributed by atoms with Gasteiger partial charge in [-0.2, -0.15) is 0 Å². The van der Waals surface area contributed by atoms with Crippen LogP contribution < -0.4 is 5.73 Å². The van der Waals surface area contributed by atoms with Crippen LogP contribution in [0.4, 0.5) is 0 Å². The van der Waals surface area contributed by atoms with Crippen LogP contribution in [0.5, 0.6) is 0 Å². The van der Waals surface area contributed by atoms with Crippen LogP contribution in [0.15, 0.2) is 42.6 Å². The van der Waals surface area contributed by atoms with E-state index in [0.29, 0.717) is 5.56 Å². The van der Waals surface area contributed by atoms with Crippen LogP contribution in [-0.2, 0) is 0 Å². The van der Waals surface area contributed by atoms with Gasteiger partial charge >= 0.3 is 0 Å². The van der Waals surface area contributed by atoms with E-state index >= 15 is 0 Å². The van der Waals surface area contributed by atoms with Crippen molar-refractivity contribution >= 4 is 16.8 Å². The van der Waals surface area contributed by atoms with Crippen LogP contribution in [0.2, 0.25) is 0 Å². The minimum Gasteiger partial charge on any atom is -0.366 e. The quantitative estimate of drug-likeness (QED) is 0.782. The Morgan fingerprint density at radius 3 is 2.67 bits per heavy atom. The standard InChI is InChI=1S/C17H15N3O/c1-10-3-4-12-9-13(5-6-15(12)20-10)16-11(2)14(17(18)21)7-8-19-16/h3-9H,1-2H3,(H2,18,21). The SMILES string of the molecule is Cc1ccc2cc(-c3nccc(C(N)=O)c3C)ccc2n1. The van der Waals surface area contributed by atoms with E-state index in [1.165, 1.54) is 0 Å². The van der Waals surface area contributed by atoms with E-state index in [1.807, 2.05) is 44.2 Å². The Bertz CT molecular complexity index is 856. The number of fused-ring (bicyclic) bond motifs is 1. The number of carbonyl (C=O) groups is 1. The van der Waals surface area contributed by atoms with Crippen molar-refractivity contribution in [1.29, 1.82) is 0 Å². The Hall–Kier alpha value is -2.75. The Morgan fingerprint density at radius 2 is 1.90 bits per heavy atom. The summed E-state index contributed by atoms with van der Waals surface area (Å²) in [7, 11) is 0. The molecule has 4 nitrogen and oxygen atoms in total. The van der Waals surface area contributed by atoms with Crippen molar-refractivity contribution in [3.05, 3.63) is 59.4 Å². The molecule has 0 radical (unpaired) electrons. The monoisotopic (exact) mass is 277 g/mol. The normalized spacial score (nSPS) is 10.8. The van der Waals surface area contributed by atoms with Crippen LogP contribution in [0, 0.1) is 13.8 Å². The third-order valence-electron chi connectivity index (χ3n) is 3.57. The second-order valence-electron chi connectivity index (χ2n) is 5.06. The van der Waals surface area contributed by atoms with Gasteiger partial charge in [0.05, 0.1) is 11.2 Å². The first kappa shape index (κ1) is 13.2. The first-order valence-corrected chi connectivity index (χ1v) is 6.69. The summed E-state index contributed by atoms with van der Waals surface area (Å²) in [5.74, 6) is -0.436. The highest BCUT2D eigenvalue weighted by atomic mass is 16.1. The van der Waals surface area contributed by atoms with Gasteiger partial charge in [0.25, 0.3) is 0 Å². The lowest BCUT2D eigenvalue weighted by Crippen LogP contribution is -2.13. The van der Waals surface area contributed by atoms with Crippen LogP contribution in [0.1, 0.15) is 21.6 Å². The number of aryl methyl sites for hydroxylation is 1. The van der Waals surface area contributed by atoms with Gasteiger partial charge in [-0.3, -0.25) is 14.8 Å². The molecule has 0 fully saturated rings. The third kappa shape index (κ3) is 2.36. The molecule has 0 unspecified atom stereocenters. The highest BCUT2D eigenvalue weighted by molar-refractivity contribution is 5.96. The highest BCUT2D eigenvalue weighted by Gasteiger charge is 2.11. The third-order valence-corrected chi connectivity index (χ3v) is 3.57. The molecule has 0 atom stereocenters. The van der Waals surface area contributed by atoms with Gasteiger partial charge in [-0.05, 0) is 43.7 Å². The number of pyridine rings is 2. The second kappa shape index (κ2) is 4.98. The second-order valence-corrected chi connectivity index (χ2v) is 5.06. The lowest BCUT2D eigenvalue weighted by atomic mass is 10.0. The molecule has 2 N–H and O–H groups in total. The smallest absolute Gasteiger partial charge is 0.249 e. The maximum Gasteiger partial charge on any atom is 0.249 e. The molecule has 3 rings (SSSR count). The average Bonchev–Trinajstić information content (AvgIpc) is 2.46. The summed E-state index contributed by atoms with van der Waals surface area (Å²) in [6.45, 7) is 3.83. The highest BCUT2D eigenvalue weighted by Crippen LogP contribution is 2.26. The molecule has 0 saturated carbocycles. The van der Waals surface area contributed by atoms with Gasteiger partial charge in [-0.1, -0.05) is 12.1 Å². The summed E-state index contributed by atoms with van der Waals surface area (Å²) in [6.07, 6.45) is 1.61. The summed E-state index contributed by atoms with van der Waals surface area (Å²) < 4.78 is 0. The van der Waals surface area contributed by atoms with Crippen molar-refractivity contribution in [3.63, 3.8) is 0 Å². The Labute approximate surface area is 122 Å². The van der Waals surface area contributed by atoms with E-state index in [9.17, 15) is 4.79 Å². The fourth-order valence-corrected chi connectivity index (χ4v) is 2.47. The van der Waals surface area contributed by atoms with E-state index in [1.54, 1.807) is 12.3 Å². The molecule has 3 aromatic rings. The number of carbonyl (C=O) groups excluding carboxylic acids is 1. The number of rotatable bonds is 2. The lowest BCUT2D eigenvalue weighted by Gasteiger charge is -2.09. The molecule has 2 aromatic heterocycles. The molecule has 104 valence electrons. The van der Waals surface area contributed by atoms with Crippen molar-refractivity contribution in [2.45, 2.75) is 13.8 Å². The van der Waals surface area contributed by atoms with Gasteiger partial charge in [0.1, 0.15) is 0 Å². The molecule has 0 bridgehead atoms. The van der Waals surface area contributed by atoms with Crippen molar-refractivity contribution < 1.29 is 4.79 Å². The van der Waals surface area contributed by atoms with Crippen molar-refractivity contribution in [2.75, 3.05) is 0 Å². The maximum absolute atomic E-state index is 11.4. The van der Waals surface area contributed by atoms with E-state index < -0.39 is 5.91 Å². The minimum absolute atomic E-state index is 0.436. The molecule has 0 saturated heterocycles. The first-order chi connectivity index (χ1) is 10.1. The number of aromatic nitrogens is 2. The molecule has 0 aliphatic rings. The van der Waals surface area contributed by atoms with Gasteiger partial charge < -0.3 is 5.73 Å². The van der Waals surface area contributed by atoms with Crippen LogP contribution in [0.25, 0.3) is 22.2 Å². The van der Waals surface area contributed by atoms with Crippen molar-refractivity contribution in [2.24, 2.45) is 5.73 Å². The van der Waals surface area contributed by atoms with Crippen LogP contribution >= 0.6 is 0 Å². The zero-order valence-electron chi connectivity index (χ0n) is 11.9. The fourth-order valence-electron chi connectivity index (χ4n) is 2.47.